The monoisotopic (exact) mass is 238 g/mol. The molecule has 1 rings (SSSR count). The molecule has 1 aromatic heterocycles. The van der Waals surface area contributed by atoms with Crippen LogP contribution in [-0.2, 0) is 11.3 Å². The van der Waals surface area contributed by atoms with Crippen molar-refractivity contribution in [3.8, 4) is 5.88 Å². The van der Waals surface area contributed by atoms with Crippen molar-refractivity contribution in [3.05, 3.63) is 23.9 Å². The van der Waals surface area contributed by atoms with Gasteiger partial charge in [-0.15, -0.1) is 0 Å². The van der Waals surface area contributed by atoms with Crippen molar-refractivity contribution >= 4 is 0 Å². The van der Waals surface area contributed by atoms with Gasteiger partial charge in [0.15, 0.2) is 0 Å². The van der Waals surface area contributed by atoms with Crippen LogP contribution in [0.5, 0.6) is 5.88 Å². The molecule has 1 aromatic rings. The van der Waals surface area contributed by atoms with Gasteiger partial charge in [-0.2, -0.15) is 0 Å². The molecule has 0 saturated heterocycles. The Morgan fingerprint density at radius 3 is 2.65 bits per heavy atom. The first-order valence-electron chi connectivity index (χ1n) is 5.88. The van der Waals surface area contributed by atoms with Crippen LogP contribution in [0.25, 0.3) is 0 Å². The zero-order chi connectivity index (χ0) is 12.7. The van der Waals surface area contributed by atoms with Crippen LogP contribution >= 0.6 is 0 Å². The molecule has 0 aliphatic rings. The predicted octanol–water partition coefficient (Wildman–Crippen LogP) is 1.99. The van der Waals surface area contributed by atoms with E-state index in [-0.39, 0.29) is 5.60 Å². The van der Waals surface area contributed by atoms with Crippen LogP contribution in [0, 0.1) is 0 Å². The molecule has 0 bridgehead atoms. The van der Waals surface area contributed by atoms with Crippen molar-refractivity contribution < 1.29 is 9.47 Å². The Bertz CT molecular complexity index is 334. The van der Waals surface area contributed by atoms with E-state index < -0.39 is 0 Å². The highest BCUT2D eigenvalue weighted by atomic mass is 16.5. The van der Waals surface area contributed by atoms with E-state index >= 15 is 0 Å². The molecule has 1 heterocycles. The molecule has 0 saturated carbocycles. The maximum atomic E-state index is 5.56. The van der Waals surface area contributed by atoms with Crippen LogP contribution in [0.15, 0.2) is 18.2 Å². The van der Waals surface area contributed by atoms with Crippen molar-refractivity contribution in [1.82, 2.24) is 10.3 Å². The predicted molar refractivity (Wildman–Crippen MR) is 68.2 cm³/mol. The number of rotatable bonds is 6. The van der Waals surface area contributed by atoms with Gasteiger partial charge < -0.3 is 14.8 Å². The summed E-state index contributed by atoms with van der Waals surface area (Å²) in [6.45, 7) is 7.92. The number of nitrogens with one attached hydrogen (secondary N) is 1. The molecule has 0 aliphatic carbocycles. The molecule has 0 aromatic carbocycles. The third-order valence-electron chi connectivity index (χ3n) is 2.01. The summed E-state index contributed by atoms with van der Waals surface area (Å²) >= 11 is 0. The summed E-state index contributed by atoms with van der Waals surface area (Å²) in [5, 5.41) is 3.06. The van der Waals surface area contributed by atoms with Gasteiger partial charge in [0, 0.05) is 12.6 Å². The second kappa shape index (κ2) is 6.57. The maximum absolute atomic E-state index is 5.56. The van der Waals surface area contributed by atoms with Gasteiger partial charge in [-0.05, 0) is 33.9 Å². The van der Waals surface area contributed by atoms with Gasteiger partial charge in [0.1, 0.15) is 6.61 Å². The molecule has 0 atom stereocenters. The molecule has 0 amide bonds. The molecule has 0 spiro atoms. The summed E-state index contributed by atoms with van der Waals surface area (Å²) < 4.78 is 11.1. The summed E-state index contributed by atoms with van der Waals surface area (Å²) in [5.74, 6) is 0.648. The minimum Gasteiger partial charge on any atom is -0.475 e. The lowest BCUT2D eigenvalue weighted by molar-refractivity contribution is -0.0168. The molecule has 0 unspecified atom stereocenters. The highest BCUT2D eigenvalue weighted by Gasteiger charge is 2.09. The first kappa shape index (κ1) is 13.9. The zero-order valence-corrected chi connectivity index (χ0v) is 11.1. The lowest BCUT2D eigenvalue weighted by Crippen LogP contribution is -2.22. The second-order valence-corrected chi connectivity index (χ2v) is 4.81. The fraction of sp³-hybridized carbons (Fsp3) is 0.615. The molecule has 4 nitrogen and oxygen atoms in total. The lowest BCUT2D eigenvalue weighted by atomic mass is 10.2. The molecule has 0 radical (unpaired) electrons. The number of pyridine rings is 1. The fourth-order valence-electron chi connectivity index (χ4n) is 1.31. The Labute approximate surface area is 103 Å². The first-order chi connectivity index (χ1) is 8.01. The fourth-order valence-corrected chi connectivity index (χ4v) is 1.31. The average Bonchev–Trinajstić information content (AvgIpc) is 2.24. The zero-order valence-electron chi connectivity index (χ0n) is 11.1. The van der Waals surface area contributed by atoms with Crippen molar-refractivity contribution in [2.24, 2.45) is 0 Å². The van der Waals surface area contributed by atoms with Crippen LogP contribution < -0.4 is 10.1 Å². The highest BCUT2D eigenvalue weighted by Crippen LogP contribution is 2.09. The lowest BCUT2D eigenvalue weighted by Gasteiger charge is -2.19. The van der Waals surface area contributed by atoms with Gasteiger partial charge in [-0.1, -0.05) is 6.07 Å². The second-order valence-electron chi connectivity index (χ2n) is 4.81. The summed E-state index contributed by atoms with van der Waals surface area (Å²) in [4.78, 5) is 4.36. The standard InChI is InChI=1S/C13H22N2O2/c1-13(2,3)17-9-8-16-12-7-5-6-11(15-12)10-14-4/h5-7,14H,8-10H2,1-4H3. The van der Waals surface area contributed by atoms with Crippen molar-refractivity contribution in [2.45, 2.75) is 32.9 Å². The molecule has 96 valence electrons. The topological polar surface area (TPSA) is 43.4 Å². The Morgan fingerprint density at radius 2 is 2.00 bits per heavy atom. The van der Waals surface area contributed by atoms with Gasteiger partial charge in [0.05, 0.1) is 17.9 Å². The third kappa shape index (κ3) is 6.24. The van der Waals surface area contributed by atoms with Crippen LogP contribution in [-0.4, -0.2) is 30.8 Å². The Kier molecular flexibility index (Phi) is 5.38. The molecule has 1 N–H and O–H groups in total. The summed E-state index contributed by atoms with van der Waals surface area (Å²) in [6.07, 6.45) is 0. The van der Waals surface area contributed by atoms with Crippen LogP contribution in [0.3, 0.4) is 0 Å². The van der Waals surface area contributed by atoms with Crippen molar-refractivity contribution in [1.29, 1.82) is 0 Å². The van der Waals surface area contributed by atoms with Crippen molar-refractivity contribution in [3.63, 3.8) is 0 Å². The van der Waals surface area contributed by atoms with Crippen LogP contribution in [0.4, 0.5) is 0 Å². The third-order valence-corrected chi connectivity index (χ3v) is 2.01. The number of hydrogen-bond acceptors (Lipinski definition) is 4. The van der Waals surface area contributed by atoms with E-state index in [1.807, 2.05) is 46.0 Å². The molecule has 0 fully saturated rings. The average molecular weight is 238 g/mol. The molecule has 17 heavy (non-hydrogen) atoms. The van der Waals surface area contributed by atoms with Gasteiger partial charge in [0.2, 0.25) is 5.88 Å². The quantitative estimate of drug-likeness (QED) is 0.770. The normalized spacial score (nSPS) is 11.5. The molecular formula is C13H22N2O2. The largest absolute Gasteiger partial charge is 0.475 e. The molecule has 4 heteroatoms. The number of nitrogens with zero attached hydrogens (tertiary/aromatic N) is 1. The Balaban J connectivity index is 2.34. The smallest absolute Gasteiger partial charge is 0.213 e. The molecular weight excluding hydrogens is 216 g/mol. The minimum absolute atomic E-state index is 0.120. The maximum Gasteiger partial charge on any atom is 0.213 e. The number of hydrogen-bond donors (Lipinski definition) is 1. The van der Waals surface area contributed by atoms with E-state index in [1.54, 1.807) is 0 Å². The van der Waals surface area contributed by atoms with E-state index in [2.05, 4.69) is 10.3 Å². The Hall–Kier alpha value is -1.13. The number of ether oxygens (including phenoxy) is 2. The van der Waals surface area contributed by atoms with Gasteiger partial charge in [0.25, 0.3) is 0 Å². The summed E-state index contributed by atoms with van der Waals surface area (Å²) in [7, 11) is 1.90. The van der Waals surface area contributed by atoms with Crippen LogP contribution in [0.1, 0.15) is 26.5 Å². The van der Waals surface area contributed by atoms with Crippen molar-refractivity contribution in [2.75, 3.05) is 20.3 Å². The minimum atomic E-state index is -0.120. The molecule has 0 aliphatic heterocycles. The van der Waals surface area contributed by atoms with Crippen LogP contribution in [0.2, 0.25) is 0 Å². The van der Waals surface area contributed by atoms with Gasteiger partial charge in [-0.25, -0.2) is 4.98 Å². The van der Waals surface area contributed by atoms with E-state index in [0.29, 0.717) is 19.1 Å². The summed E-state index contributed by atoms with van der Waals surface area (Å²) in [5.41, 5.74) is 0.854. The van der Waals surface area contributed by atoms with E-state index in [9.17, 15) is 0 Å². The van der Waals surface area contributed by atoms with Gasteiger partial charge >= 0.3 is 0 Å². The highest BCUT2D eigenvalue weighted by molar-refractivity contribution is 5.15. The van der Waals surface area contributed by atoms with E-state index in [0.717, 1.165) is 12.2 Å². The first-order valence-corrected chi connectivity index (χ1v) is 5.88. The van der Waals surface area contributed by atoms with Gasteiger partial charge in [-0.3, -0.25) is 0 Å². The SMILES string of the molecule is CNCc1cccc(OCCOC(C)(C)C)n1. The number of aromatic nitrogens is 1. The Morgan fingerprint density at radius 1 is 1.24 bits per heavy atom. The summed E-state index contributed by atoms with van der Waals surface area (Å²) in [6, 6.07) is 5.77. The van der Waals surface area contributed by atoms with E-state index in [4.69, 9.17) is 9.47 Å². The van der Waals surface area contributed by atoms with E-state index in [1.165, 1.54) is 0 Å².